The van der Waals surface area contributed by atoms with Crippen LogP contribution in [0.5, 0.6) is 5.75 Å². The van der Waals surface area contributed by atoms with Crippen LogP contribution in [0, 0.1) is 5.82 Å². The number of nitrogens with zero attached hydrogens (tertiary/aromatic N) is 4. The van der Waals surface area contributed by atoms with E-state index in [1.807, 2.05) is 0 Å². The molecule has 10 heteroatoms. The first-order valence-corrected chi connectivity index (χ1v) is 9.91. The molecular formula is C21H16Cl2FN5O2. The molecule has 0 atom stereocenters. The Labute approximate surface area is 187 Å². The SMILES string of the molecule is O=C(Nc1cnn(Cc2ccc(F)cc2Cl)c1)c1ccn(COc2cccc(Cl)c2)n1. The van der Waals surface area contributed by atoms with Crippen LogP contribution in [0.2, 0.25) is 10.0 Å². The van der Waals surface area contributed by atoms with Crippen LogP contribution in [0.3, 0.4) is 0 Å². The monoisotopic (exact) mass is 459 g/mol. The Bertz CT molecular complexity index is 1220. The van der Waals surface area contributed by atoms with Gasteiger partial charge in [-0.2, -0.15) is 10.2 Å². The van der Waals surface area contributed by atoms with Gasteiger partial charge >= 0.3 is 0 Å². The zero-order valence-electron chi connectivity index (χ0n) is 16.0. The normalized spacial score (nSPS) is 10.8. The lowest BCUT2D eigenvalue weighted by Gasteiger charge is -2.06. The Morgan fingerprint density at radius 1 is 1.13 bits per heavy atom. The summed E-state index contributed by atoms with van der Waals surface area (Å²) in [7, 11) is 0. The first-order chi connectivity index (χ1) is 15.0. The fourth-order valence-electron chi connectivity index (χ4n) is 2.79. The molecule has 0 aliphatic rings. The summed E-state index contributed by atoms with van der Waals surface area (Å²) >= 11 is 12.0. The first kappa shape index (κ1) is 20.9. The molecule has 4 aromatic rings. The summed E-state index contributed by atoms with van der Waals surface area (Å²) in [5.74, 6) is -0.192. The third kappa shape index (κ3) is 5.42. The topological polar surface area (TPSA) is 74.0 Å². The van der Waals surface area contributed by atoms with Gasteiger partial charge in [0, 0.05) is 22.4 Å². The van der Waals surface area contributed by atoms with Crippen molar-refractivity contribution in [2.75, 3.05) is 5.32 Å². The largest absolute Gasteiger partial charge is 0.471 e. The van der Waals surface area contributed by atoms with Crippen molar-refractivity contribution in [2.45, 2.75) is 13.3 Å². The molecular weight excluding hydrogens is 444 g/mol. The Kier molecular flexibility index (Phi) is 6.20. The summed E-state index contributed by atoms with van der Waals surface area (Å²) in [5, 5.41) is 12.0. The van der Waals surface area contributed by atoms with Crippen molar-refractivity contribution >= 4 is 34.8 Å². The van der Waals surface area contributed by atoms with E-state index in [4.69, 9.17) is 27.9 Å². The molecule has 0 saturated carbocycles. The van der Waals surface area contributed by atoms with Gasteiger partial charge in [-0.3, -0.25) is 9.48 Å². The number of ether oxygens (including phenoxy) is 1. The van der Waals surface area contributed by atoms with Gasteiger partial charge in [0.2, 0.25) is 0 Å². The summed E-state index contributed by atoms with van der Waals surface area (Å²) < 4.78 is 21.9. The van der Waals surface area contributed by atoms with Crippen LogP contribution in [-0.2, 0) is 13.3 Å². The molecule has 158 valence electrons. The van der Waals surface area contributed by atoms with Crippen molar-refractivity contribution in [1.29, 1.82) is 0 Å². The third-order valence-corrected chi connectivity index (χ3v) is 4.86. The zero-order chi connectivity index (χ0) is 21.8. The molecule has 0 fully saturated rings. The van der Waals surface area contributed by atoms with E-state index >= 15 is 0 Å². The molecule has 0 unspecified atom stereocenters. The third-order valence-electron chi connectivity index (χ3n) is 4.27. The Hall–Kier alpha value is -3.36. The van der Waals surface area contributed by atoms with Crippen LogP contribution >= 0.6 is 23.2 Å². The van der Waals surface area contributed by atoms with Gasteiger partial charge in [-0.05, 0) is 42.0 Å². The van der Waals surface area contributed by atoms with Crippen molar-refractivity contribution < 1.29 is 13.9 Å². The van der Waals surface area contributed by atoms with E-state index < -0.39 is 5.82 Å². The molecule has 0 aliphatic carbocycles. The van der Waals surface area contributed by atoms with Crippen molar-refractivity contribution in [1.82, 2.24) is 19.6 Å². The lowest BCUT2D eigenvalue weighted by atomic mass is 10.2. The molecule has 2 aromatic carbocycles. The van der Waals surface area contributed by atoms with Gasteiger partial charge in [0.05, 0.1) is 18.4 Å². The maximum Gasteiger partial charge on any atom is 0.276 e. The highest BCUT2D eigenvalue weighted by Crippen LogP contribution is 2.19. The Balaban J connectivity index is 1.34. The van der Waals surface area contributed by atoms with Crippen LogP contribution < -0.4 is 10.1 Å². The van der Waals surface area contributed by atoms with Crippen molar-refractivity contribution in [2.24, 2.45) is 0 Å². The van der Waals surface area contributed by atoms with Crippen LogP contribution in [0.15, 0.2) is 67.1 Å². The van der Waals surface area contributed by atoms with E-state index in [9.17, 15) is 9.18 Å². The van der Waals surface area contributed by atoms with Crippen LogP contribution in [0.1, 0.15) is 16.1 Å². The highest BCUT2D eigenvalue weighted by Gasteiger charge is 2.12. The van der Waals surface area contributed by atoms with E-state index in [1.165, 1.54) is 23.0 Å². The van der Waals surface area contributed by atoms with Crippen LogP contribution in [0.4, 0.5) is 10.1 Å². The second kappa shape index (κ2) is 9.20. The predicted molar refractivity (Wildman–Crippen MR) is 115 cm³/mol. The van der Waals surface area contributed by atoms with Gasteiger partial charge in [-0.15, -0.1) is 0 Å². The van der Waals surface area contributed by atoms with Crippen LogP contribution in [0.25, 0.3) is 0 Å². The molecule has 0 radical (unpaired) electrons. The molecule has 0 aliphatic heterocycles. The molecule has 7 nitrogen and oxygen atoms in total. The molecule has 4 rings (SSSR count). The van der Waals surface area contributed by atoms with E-state index in [0.29, 0.717) is 33.6 Å². The first-order valence-electron chi connectivity index (χ1n) is 9.16. The fraction of sp³-hybridized carbons (Fsp3) is 0.0952. The van der Waals surface area contributed by atoms with Crippen molar-refractivity contribution in [3.63, 3.8) is 0 Å². The molecule has 2 aromatic heterocycles. The minimum atomic E-state index is -0.403. The van der Waals surface area contributed by atoms with Gasteiger partial charge in [-0.25, -0.2) is 9.07 Å². The molecule has 0 spiro atoms. The van der Waals surface area contributed by atoms with Gasteiger partial charge in [0.25, 0.3) is 5.91 Å². The number of carbonyl (C=O) groups excluding carboxylic acids is 1. The van der Waals surface area contributed by atoms with E-state index in [-0.39, 0.29) is 18.3 Å². The Morgan fingerprint density at radius 3 is 2.81 bits per heavy atom. The van der Waals surface area contributed by atoms with E-state index in [0.717, 1.165) is 0 Å². The number of rotatable bonds is 7. The standard InChI is InChI=1S/C21H16Cl2FN5O2/c22-15-2-1-3-18(8-15)31-13-28-7-6-20(27-28)21(30)26-17-10-25-29(12-17)11-14-4-5-16(24)9-19(14)23/h1-10,12H,11,13H2,(H,26,30). The summed E-state index contributed by atoms with van der Waals surface area (Å²) in [5.41, 5.74) is 1.43. The smallest absolute Gasteiger partial charge is 0.276 e. The lowest BCUT2D eigenvalue weighted by molar-refractivity contribution is 0.102. The van der Waals surface area contributed by atoms with E-state index in [1.54, 1.807) is 53.5 Å². The molecule has 31 heavy (non-hydrogen) atoms. The number of carbonyl (C=O) groups is 1. The number of nitrogens with one attached hydrogen (secondary N) is 1. The van der Waals surface area contributed by atoms with Crippen molar-refractivity contribution in [3.8, 4) is 5.75 Å². The minimum absolute atomic E-state index is 0.129. The van der Waals surface area contributed by atoms with E-state index in [2.05, 4.69) is 15.5 Å². The highest BCUT2D eigenvalue weighted by molar-refractivity contribution is 6.31. The number of amides is 1. The van der Waals surface area contributed by atoms with Gasteiger partial charge < -0.3 is 10.1 Å². The number of hydrogen-bond acceptors (Lipinski definition) is 4. The molecule has 2 heterocycles. The average molecular weight is 460 g/mol. The maximum absolute atomic E-state index is 13.2. The average Bonchev–Trinajstić information content (AvgIpc) is 3.38. The fourth-order valence-corrected chi connectivity index (χ4v) is 3.19. The van der Waals surface area contributed by atoms with Gasteiger partial charge in [-0.1, -0.05) is 35.3 Å². The maximum atomic E-state index is 13.2. The summed E-state index contributed by atoms with van der Waals surface area (Å²) in [6.07, 6.45) is 4.80. The van der Waals surface area contributed by atoms with Crippen LogP contribution in [-0.4, -0.2) is 25.5 Å². The summed E-state index contributed by atoms with van der Waals surface area (Å²) in [6.45, 7) is 0.467. The zero-order valence-corrected chi connectivity index (χ0v) is 17.5. The summed E-state index contributed by atoms with van der Waals surface area (Å²) in [4.78, 5) is 12.5. The van der Waals surface area contributed by atoms with Gasteiger partial charge in [0.1, 0.15) is 11.6 Å². The minimum Gasteiger partial charge on any atom is -0.471 e. The number of halogens is 3. The molecule has 1 N–H and O–H groups in total. The quantitative estimate of drug-likeness (QED) is 0.428. The molecule has 1 amide bonds. The number of anilines is 1. The second-order valence-electron chi connectivity index (χ2n) is 6.59. The number of benzene rings is 2. The predicted octanol–water partition coefficient (Wildman–Crippen LogP) is 4.86. The van der Waals surface area contributed by atoms with Gasteiger partial charge in [0.15, 0.2) is 12.4 Å². The highest BCUT2D eigenvalue weighted by atomic mass is 35.5. The summed E-state index contributed by atoms with van der Waals surface area (Å²) in [6, 6.07) is 12.8. The Morgan fingerprint density at radius 2 is 2.00 bits per heavy atom. The number of hydrogen-bond donors (Lipinski definition) is 1. The second-order valence-corrected chi connectivity index (χ2v) is 7.43. The molecule has 0 saturated heterocycles. The molecule has 0 bridgehead atoms. The lowest BCUT2D eigenvalue weighted by Crippen LogP contribution is -2.14. The number of aromatic nitrogens is 4. The van der Waals surface area contributed by atoms with Crippen molar-refractivity contribution in [3.05, 3.63) is 94.2 Å².